The van der Waals surface area contributed by atoms with Crippen LogP contribution in [-0.2, 0) is 11.3 Å². The molecule has 0 fully saturated rings. The van der Waals surface area contributed by atoms with Gasteiger partial charge in [-0.05, 0) is 30.3 Å². The number of halogens is 1. The van der Waals surface area contributed by atoms with Crippen LogP contribution in [-0.4, -0.2) is 25.1 Å². The SMILES string of the molecule is COC(=O)c1ccc(OCc2cc(Br)ccc2OC)c([N+](=O)[O-])c1. The second-order valence-corrected chi connectivity index (χ2v) is 5.59. The highest BCUT2D eigenvalue weighted by Crippen LogP contribution is 2.30. The fourth-order valence-electron chi connectivity index (χ4n) is 2.04. The monoisotopic (exact) mass is 395 g/mol. The van der Waals surface area contributed by atoms with Crippen LogP contribution >= 0.6 is 15.9 Å². The molecule has 0 unspecified atom stereocenters. The van der Waals surface area contributed by atoms with Gasteiger partial charge in [0.1, 0.15) is 12.4 Å². The zero-order valence-corrected chi connectivity index (χ0v) is 14.5. The Balaban J connectivity index is 2.28. The van der Waals surface area contributed by atoms with Crippen LogP contribution in [0.25, 0.3) is 0 Å². The highest BCUT2D eigenvalue weighted by atomic mass is 79.9. The molecule has 24 heavy (non-hydrogen) atoms. The first kappa shape index (κ1) is 17.7. The molecule has 126 valence electrons. The number of carbonyl (C=O) groups is 1. The Morgan fingerprint density at radius 1 is 1.17 bits per heavy atom. The van der Waals surface area contributed by atoms with Gasteiger partial charge in [0.05, 0.1) is 24.7 Å². The number of ether oxygens (including phenoxy) is 3. The van der Waals surface area contributed by atoms with E-state index in [9.17, 15) is 14.9 Å². The highest BCUT2D eigenvalue weighted by molar-refractivity contribution is 9.10. The molecule has 0 spiro atoms. The minimum absolute atomic E-state index is 0.0506. The zero-order chi connectivity index (χ0) is 17.7. The van der Waals surface area contributed by atoms with E-state index in [2.05, 4.69) is 20.7 Å². The molecule has 8 heteroatoms. The molecule has 0 amide bonds. The molecular formula is C16H14BrNO6. The Labute approximate surface area is 146 Å². The smallest absolute Gasteiger partial charge is 0.338 e. The Hall–Kier alpha value is -2.61. The maximum atomic E-state index is 11.5. The van der Waals surface area contributed by atoms with Gasteiger partial charge in [-0.2, -0.15) is 0 Å². The lowest BCUT2D eigenvalue weighted by molar-refractivity contribution is -0.386. The quantitative estimate of drug-likeness (QED) is 0.420. The van der Waals surface area contributed by atoms with E-state index >= 15 is 0 Å². The number of nitro benzene ring substituents is 1. The van der Waals surface area contributed by atoms with Gasteiger partial charge in [0.25, 0.3) is 0 Å². The number of nitrogens with zero attached hydrogens (tertiary/aromatic N) is 1. The van der Waals surface area contributed by atoms with E-state index in [1.807, 2.05) is 6.07 Å². The lowest BCUT2D eigenvalue weighted by Crippen LogP contribution is -2.05. The minimum atomic E-state index is -0.654. The van der Waals surface area contributed by atoms with Gasteiger partial charge in [-0.1, -0.05) is 15.9 Å². The first-order chi connectivity index (χ1) is 11.5. The molecule has 0 saturated carbocycles. The van der Waals surface area contributed by atoms with Crippen LogP contribution in [0.15, 0.2) is 40.9 Å². The summed E-state index contributed by atoms with van der Waals surface area (Å²) in [5.41, 5.74) is 0.488. The van der Waals surface area contributed by atoms with E-state index in [0.717, 1.165) is 16.1 Å². The second kappa shape index (κ2) is 7.78. The van der Waals surface area contributed by atoms with Crippen molar-refractivity contribution in [1.29, 1.82) is 0 Å². The van der Waals surface area contributed by atoms with Gasteiger partial charge in [-0.25, -0.2) is 4.79 Å². The van der Waals surface area contributed by atoms with Crippen LogP contribution in [0.4, 0.5) is 5.69 Å². The zero-order valence-electron chi connectivity index (χ0n) is 12.9. The fourth-order valence-corrected chi connectivity index (χ4v) is 2.45. The third-order valence-corrected chi connectivity index (χ3v) is 3.70. The van der Waals surface area contributed by atoms with E-state index < -0.39 is 10.9 Å². The Morgan fingerprint density at radius 3 is 2.50 bits per heavy atom. The van der Waals surface area contributed by atoms with E-state index in [1.165, 1.54) is 26.4 Å². The van der Waals surface area contributed by atoms with E-state index in [4.69, 9.17) is 9.47 Å². The van der Waals surface area contributed by atoms with Crippen molar-refractivity contribution in [2.24, 2.45) is 0 Å². The summed E-state index contributed by atoms with van der Waals surface area (Å²) in [5.74, 6) is 0.0000230. The van der Waals surface area contributed by atoms with Crippen molar-refractivity contribution in [1.82, 2.24) is 0 Å². The summed E-state index contributed by atoms with van der Waals surface area (Å²) in [6.45, 7) is 0.0705. The van der Waals surface area contributed by atoms with Crippen molar-refractivity contribution in [3.05, 3.63) is 62.1 Å². The molecule has 0 aromatic heterocycles. The molecule has 0 aliphatic carbocycles. The van der Waals surface area contributed by atoms with E-state index in [0.29, 0.717) is 5.75 Å². The fraction of sp³-hybridized carbons (Fsp3) is 0.188. The van der Waals surface area contributed by atoms with E-state index in [-0.39, 0.29) is 23.6 Å². The van der Waals surface area contributed by atoms with Gasteiger partial charge in [0, 0.05) is 16.1 Å². The molecule has 2 rings (SSSR count). The molecule has 0 N–H and O–H groups in total. The van der Waals surface area contributed by atoms with Gasteiger partial charge in [0.2, 0.25) is 0 Å². The van der Waals surface area contributed by atoms with Crippen molar-refractivity contribution in [3.63, 3.8) is 0 Å². The molecule has 0 atom stereocenters. The molecule has 0 bridgehead atoms. The first-order valence-electron chi connectivity index (χ1n) is 6.78. The number of hydrogen-bond acceptors (Lipinski definition) is 6. The first-order valence-corrected chi connectivity index (χ1v) is 7.57. The van der Waals surface area contributed by atoms with Crippen LogP contribution in [0.2, 0.25) is 0 Å². The van der Waals surface area contributed by atoms with Crippen molar-refractivity contribution < 1.29 is 23.9 Å². The molecule has 0 aliphatic heterocycles. The maximum Gasteiger partial charge on any atom is 0.338 e. The van der Waals surface area contributed by atoms with Crippen LogP contribution in [0, 0.1) is 10.1 Å². The lowest BCUT2D eigenvalue weighted by atomic mass is 10.2. The average Bonchev–Trinajstić information content (AvgIpc) is 2.59. The van der Waals surface area contributed by atoms with Crippen LogP contribution in [0.3, 0.4) is 0 Å². The number of esters is 1. The van der Waals surface area contributed by atoms with Crippen LogP contribution < -0.4 is 9.47 Å². The molecular weight excluding hydrogens is 382 g/mol. The maximum absolute atomic E-state index is 11.5. The number of benzene rings is 2. The molecule has 0 heterocycles. The number of rotatable bonds is 6. The normalized spacial score (nSPS) is 10.1. The van der Waals surface area contributed by atoms with Gasteiger partial charge in [-0.3, -0.25) is 10.1 Å². The number of carbonyl (C=O) groups excluding carboxylic acids is 1. The Kier molecular flexibility index (Phi) is 5.75. The van der Waals surface area contributed by atoms with Crippen molar-refractivity contribution >= 4 is 27.6 Å². The summed E-state index contributed by atoms with van der Waals surface area (Å²) >= 11 is 3.35. The summed E-state index contributed by atoms with van der Waals surface area (Å²) < 4.78 is 16.2. The predicted octanol–water partition coefficient (Wildman–Crippen LogP) is 3.73. The van der Waals surface area contributed by atoms with Gasteiger partial charge in [0.15, 0.2) is 5.75 Å². The Bertz CT molecular complexity index is 777. The van der Waals surface area contributed by atoms with Gasteiger partial charge < -0.3 is 14.2 Å². The van der Waals surface area contributed by atoms with Crippen molar-refractivity contribution in [3.8, 4) is 11.5 Å². The third-order valence-electron chi connectivity index (χ3n) is 3.20. The number of nitro groups is 1. The van der Waals surface area contributed by atoms with Crippen LogP contribution in [0.1, 0.15) is 15.9 Å². The Morgan fingerprint density at radius 2 is 1.88 bits per heavy atom. The van der Waals surface area contributed by atoms with Crippen molar-refractivity contribution in [2.45, 2.75) is 6.61 Å². The molecule has 7 nitrogen and oxygen atoms in total. The molecule has 0 radical (unpaired) electrons. The summed E-state index contributed by atoms with van der Waals surface area (Å²) in [5, 5.41) is 11.2. The molecule has 2 aromatic rings. The molecule has 2 aromatic carbocycles. The summed E-state index contributed by atoms with van der Waals surface area (Å²) in [6, 6.07) is 9.28. The number of methoxy groups -OCH3 is 2. The standard InChI is InChI=1S/C16H14BrNO6/c1-22-14-6-4-12(17)7-11(14)9-24-15-5-3-10(16(19)23-2)8-13(15)18(20)21/h3-8H,9H2,1-2H3. The van der Waals surface area contributed by atoms with Gasteiger partial charge >= 0.3 is 11.7 Å². The largest absolute Gasteiger partial charge is 0.496 e. The summed E-state index contributed by atoms with van der Waals surface area (Å²) in [4.78, 5) is 22.1. The average molecular weight is 396 g/mol. The molecule has 0 aliphatic rings. The summed E-state index contributed by atoms with van der Waals surface area (Å²) in [6.07, 6.45) is 0. The highest BCUT2D eigenvalue weighted by Gasteiger charge is 2.19. The third kappa shape index (κ3) is 4.02. The van der Waals surface area contributed by atoms with Crippen molar-refractivity contribution in [2.75, 3.05) is 14.2 Å². The minimum Gasteiger partial charge on any atom is -0.496 e. The second-order valence-electron chi connectivity index (χ2n) is 4.68. The van der Waals surface area contributed by atoms with Crippen LogP contribution in [0.5, 0.6) is 11.5 Å². The lowest BCUT2D eigenvalue weighted by Gasteiger charge is -2.11. The predicted molar refractivity (Wildman–Crippen MR) is 89.5 cm³/mol. The number of hydrogen-bond donors (Lipinski definition) is 0. The summed E-state index contributed by atoms with van der Waals surface area (Å²) in [7, 11) is 2.73. The van der Waals surface area contributed by atoms with E-state index in [1.54, 1.807) is 12.1 Å². The van der Waals surface area contributed by atoms with Gasteiger partial charge in [-0.15, -0.1) is 0 Å². The molecule has 0 saturated heterocycles. The topological polar surface area (TPSA) is 87.9 Å².